The van der Waals surface area contributed by atoms with Crippen LogP contribution >= 0.6 is 15.9 Å². The number of halogens is 1. The highest BCUT2D eigenvalue weighted by molar-refractivity contribution is 9.10. The van der Waals surface area contributed by atoms with Crippen molar-refractivity contribution in [3.8, 4) is 0 Å². The summed E-state index contributed by atoms with van der Waals surface area (Å²) >= 11 is 3.33. The second kappa shape index (κ2) is 3.29. The van der Waals surface area contributed by atoms with E-state index in [9.17, 15) is 0 Å². The van der Waals surface area contributed by atoms with Crippen molar-refractivity contribution in [1.82, 2.24) is 24.8 Å². The average Bonchev–Trinajstić information content (AvgIpc) is 2.64. The molecular weight excluding hydrogens is 234 g/mol. The molecule has 2 aromatic heterocycles. The number of aryl methyl sites for hydroxylation is 1. The van der Waals surface area contributed by atoms with E-state index >= 15 is 0 Å². The summed E-state index contributed by atoms with van der Waals surface area (Å²) in [6.07, 6.45) is 5.40. The van der Waals surface area contributed by atoms with Crippen LogP contribution < -0.4 is 0 Å². The van der Waals surface area contributed by atoms with E-state index in [0.717, 1.165) is 10.2 Å². The highest BCUT2D eigenvalue weighted by atomic mass is 79.9. The topological polar surface area (TPSA) is 48.5 Å². The lowest BCUT2D eigenvalue weighted by Gasteiger charge is -1.99. The molecule has 0 amide bonds. The Morgan fingerprint density at radius 1 is 1.46 bits per heavy atom. The van der Waals surface area contributed by atoms with Crippen LogP contribution in [0.15, 0.2) is 23.1 Å². The van der Waals surface area contributed by atoms with Crippen LogP contribution in [0.3, 0.4) is 0 Å². The van der Waals surface area contributed by atoms with Crippen molar-refractivity contribution in [2.24, 2.45) is 7.05 Å². The average molecular weight is 242 g/mol. The molecule has 0 aliphatic carbocycles. The van der Waals surface area contributed by atoms with Gasteiger partial charge in [-0.15, -0.1) is 5.10 Å². The molecule has 0 saturated heterocycles. The zero-order valence-corrected chi connectivity index (χ0v) is 8.64. The summed E-state index contributed by atoms with van der Waals surface area (Å²) in [7, 11) is 1.86. The van der Waals surface area contributed by atoms with E-state index in [1.165, 1.54) is 0 Å². The third-order valence-corrected chi connectivity index (χ3v) is 2.14. The summed E-state index contributed by atoms with van der Waals surface area (Å²) < 4.78 is 4.53. The first-order valence-corrected chi connectivity index (χ1v) is 4.56. The van der Waals surface area contributed by atoms with Crippen molar-refractivity contribution in [3.05, 3.63) is 28.8 Å². The summed E-state index contributed by atoms with van der Waals surface area (Å²) in [5.41, 5.74) is 1.02. The molecule has 0 fully saturated rings. The lowest BCUT2D eigenvalue weighted by atomic mass is 10.5. The fourth-order valence-corrected chi connectivity index (χ4v) is 1.37. The maximum atomic E-state index is 4.13. The highest BCUT2D eigenvalue weighted by Crippen LogP contribution is 2.07. The molecule has 13 heavy (non-hydrogen) atoms. The van der Waals surface area contributed by atoms with Gasteiger partial charge in [-0.1, -0.05) is 5.21 Å². The third kappa shape index (κ3) is 1.77. The Morgan fingerprint density at radius 3 is 2.85 bits per heavy atom. The van der Waals surface area contributed by atoms with Crippen LogP contribution in [-0.2, 0) is 13.6 Å². The Bertz CT molecular complexity index is 404. The van der Waals surface area contributed by atoms with Gasteiger partial charge in [-0.2, -0.15) is 5.10 Å². The van der Waals surface area contributed by atoms with Gasteiger partial charge in [0.15, 0.2) is 0 Å². The molecule has 68 valence electrons. The van der Waals surface area contributed by atoms with Gasteiger partial charge >= 0.3 is 0 Å². The van der Waals surface area contributed by atoms with Crippen molar-refractivity contribution in [1.29, 1.82) is 0 Å². The van der Waals surface area contributed by atoms with Gasteiger partial charge in [-0.05, 0) is 15.9 Å². The zero-order chi connectivity index (χ0) is 9.26. The molecule has 0 radical (unpaired) electrons. The minimum atomic E-state index is 0.690. The third-order valence-electron chi connectivity index (χ3n) is 1.73. The van der Waals surface area contributed by atoms with E-state index in [0.29, 0.717) is 6.54 Å². The van der Waals surface area contributed by atoms with E-state index in [2.05, 4.69) is 31.3 Å². The van der Waals surface area contributed by atoms with Crippen molar-refractivity contribution in [2.75, 3.05) is 0 Å². The van der Waals surface area contributed by atoms with Crippen LogP contribution in [-0.4, -0.2) is 24.8 Å². The normalized spacial score (nSPS) is 10.6. The van der Waals surface area contributed by atoms with Crippen molar-refractivity contribution >= 4 is 15.9 Å². The minimum Gasteiger partial charge on any atom is -0.266 e. The molecule has 0 unspecified atom stereocenters. The number of aromatic nitrogens is 5. The van der Waals surface area contributed by atoms with E-state index < -0.39 is 0 Å². The molecule has 0 atom stereocenters. The first-order valence-electron chi connectivity index (χ1n) is 3.77. The van der Waals surface area contributed by atoms with Crippen LogP contribution in [0.25, 0.3) is 0 Å². The Morgan fingerprint density at radius 2 is 2.31 bits per heavy atom. The minimum absolute atomic E-state index is 0.690. The lowest BCUT2D eigenvalue weighted by molar-refractivity contribution is 0.611. The van der Waals surface area contributed by atoms with Gasteiger partial charge in [0.25, 0.3) is 0 Å². The van der Waals surface area contributed by atoms with E-state index in [1.807, 2.05) is 17.9 Å². The Balaban J connectivity index is 2.19. The van der Waals surface area contributed by atoms with E-state index in [-0.39, 0.29) is 0 Å². The molecule has 6 heteroatoms. The molecule has 0 saturated carbocycles. The van der Waals surface area contributed by atoms with Crippen molar-refractivity contribution in [2.45, 2.75) is 6.54 Å². The monoisotopic (exact) mass is 241 g/mol. The quantitative estimate of drug-likeness (QED) is 0.783. The van der Waals surface area contributed by atoms with E-state index in [4.69, 9.17) is 0 Å². The molecule has 0 N–H and O–H groups in total. The zero-order valence-electron chi connectivity index (χ0n) is 7.05. The molecule has 0 aromatic carbocycles. The van der Waals surface area contributed by atoms with Gasteiger partial charge in [0, 0.05) is 13.2 Å². The molecule has 0 spiro atoms. The predicted molar refractivity (Wildman–Crippen MR) is 50.0 cm³/mol. The van der Waals surface area contributed by atoms with E-state index in [1.54, 1.807) is 17.1 Å². The standard InChI is InChI=1S/C7H8BrN5/c1-12-7(3-9-11-12)5-13-4-6(8)2-10-13/h2-4H,5H2,1H3. The second-order valence-corrected chi connectivity index (χ2v) is 3.62. The molecule has 2 aromatic rings. The Kier molecular flexibility index (Phi) is 2.13. The molecule has 0 aliphatic heterocycles. The molecular formula is C7H8BrN5. The molecule has 2 heterocycles. The first kappa shape index (κ1) is 8.43. The summed E-state index contributed by atoms with van der Waals surface area (Å²) in [5, 5.41) is 11.8. The molecule has 5 nitrogen and oxygen atoms in total. The van der Waals surface area contributed by atoms with Crippen LogP contribution in [0.4, 0.5) is 0 Å². The van der Waals surface area contributed by atoms with Crippen molar-refractivity contribution < 1.29 is 0 Å². The molecule has 0 bridgehead atoms. The van der Waals surface area contributed by atoms with Gasteiger partial charge in [-0.25, -0.2) is 0 Å². The molecule has 0 aliphatic rings. The summed E-state index contributed by atoms with van der Waals surface area (Å²) in [4.78, 5) is 0. The van der Waals surface area contributed by atoms with Crippen LogP contribution in [0.5, 0.6) is 0 Å². The largest absolute Gasteiger partial charge is 0.266 e. The summed E-state index contributed by atoms with van der Waals surface area (Å²) in [5.74, 6) is 0. The number of nitrogens with zero attached hydrogens (tertiary/aromatic N) is 5. The van der Waals surface area contributed by atoms with Crippen LogP contribution in [0.1, 0.15) is 5.69 Å². The SMILES string of the molecule is Cn1nncc1Cn1cc(Br)cn1. The van der Waals surface area contributed by atoms with Crippen LogP contribution in [0.2, 0.25) is 0 Å². The maximum Gasteiger partial charge on any atom is 0.0844 e. The van der Waals surface area contributed by atoms with Crippen LogP contribution in [0, 0.1) is 0 Å². The number of hydrogen-bond donors (Lipinski definition) is 0. The van der Waals surface area contributed by atoms with Crippen molar-refractivity contribution in [3.63, 3.8) is 0 Å². The van der Waals surface area contributed by atoms with Gasteiger partial charge in [-0.3, -0.25) is 9.36 Å². The Labute approximate surface area is 83.5 Å². The van der Waals surface area contributed by atoms with Gasteiger partial charge in [0.2, 0.25) is 0 Å². The fourth-order valence-electron chi connectivity index (χ4n) is 1.04. The Hall–Kier alpha value is -1.17. The molecule has 2 rings (SSSR count). The number of hydrogen-bond acceptors (Lipinski definition) is 3. The van der Waals surface area contributed by atoms with Gasteiger partial charge in [0.05, 0.1) is 29.1 Å². The first-order chi connectivity index (χ1) is 6.25. The maximum absolute atomic E-state index is 4.13. The summed E-state index contributed by atoms with van der Waals surface area (Å²) in [6, 6.07) is 0. The second-order valence-electron chi connectivity index (χ2n) is 2.71. The smallest absolute Gasteiger partial charge is 0.0844 e. The lowest BCUT2D eigenvalue weighted by Crippen LogP contribution is -2.05. The van der Waals surface area contributed by atoms with Gasteiger partial charge < -0.3 is 0 Å². The van der Waals surface area contributed by atoms with Gasteiger partial charge in [0.1, 0.15) is 0 Å². The highest BCUT2D eigenvalue weighted by Gasteiger charge is 2.01. The fraction of sp³-hybridized carbons (Fsp3) is 0.286. The summed E-state index contributed by atoms with van der Waals surface area (Å²) in [6.45, 7) is 0.690. The number of rotatable bonds is 2. The predicted octanol–water partition coefficient (Wildman–Crippen LogP) is 0.822.